The maximum atomic E-state index is 12.4. The van der Waals surface area contributed by atoms with Gasteiger partial charge in [-0.3, -0.25) is 9.78 Å². The average molecular weight is 321 g/mol. The van der Waals surface area contributed by atoms with Crippen LogP contribution in [-0.4, -0.2) is 28.0 Å². The summed E-state index contributed by atoms with van der Waals surface area (Å²) in [5, 5.41) is 5.80. The number of nitrogens with zero attached hydrogens (tertiary/aromatic N) is 3. The second-order valence-electron chi connectivity index (χ2n) is 4.78. The summed E-state index contributed by atoms with van der Waals surface area (Å²) in [5.41, 5.74) is 1.60. The third-order valence-corrected chi connectivity index (χ3v) is 3.18. The van der Waals surface area contributed by atoms with E-state index in [2.05, 4.69) is 25.6 Å². The molecule has 2 N–H and O–H groups in total. The van der Waals surface area contributed by atoms with Crippen molar-refractivity contribution >= 4 is 23.2 Å². The van der Waals surface area contributed by atoms with Gasteiger partial charge in [0.2, 0.25) is 5.95 Å². The number of pyridine rings is 1. The van der Waals surface area contributed by atoms with E-state index in [4.69, 9.17) is 4.74 Å². The van der Waals surface area contributed by atoms with Gasteiger partial charge in [0, 0.05) is 24.3 Å². The molecule has 1 aromatic carbocycles. The number of nitrogens with one attached hydrogen (secondary N) is 2. The molecule has 0 saturated carbocycles. The van der Waals surface area contributed by atoms with Crippen LogP contribution in [0.25, 0.3) is 0 Å². The first-order valence-corrected chi connectivity index (χ1v) is 7.21. The quantitative estimate of drug-likeness (QED) is 0.751. The van der Waals surface area contributed by atoms with Gasteiger partial charge in [-0.15, -0.1) is 0 Å². The molecule has 1 amide bonds. The Bertz CT molecular complexity index is 839. The first-order valence-electron chi connectivity index (χ1n) is 7.21. The Morgan fingerprint density at radius 2 is 1.83 bits per heavy atom. The summed E-state index contributed by atoms with van der Waals surface area (Å²) in [6.45, 7) is 0. The molecular formula is C17H15N5O2. The van der Waals surface area contributed by atoms with Crippen LogP contribution < -0.4 is 15.4 Å². The summed E-state index contributed by atoms with van der Waals surface area (Å²) in [5.74, 6) is 0.559. The predicted molar refractivity (Wildman–Crippen MR) is 90.5 cm³/mol. The van der Waals surface area contributed by atoms with Gasteiger partial charge in [-0.05, 0) is 30.3 Å². The Kier molecular flexibility index (Phi) is 4.62. The molecule has 0 atom stereocenters. The van der Waals surface area contributed by atoms with Gasteiger partial charge in [-0.2, -0.15) is 0 Å². The van der Waals surface area contributed by atoms with Crippen LogP contribution in [-0.2, 0) is 0 Å². The maximum absolute atomic E-state index is 12.4. The van der Waals surface area contributed by atoms with E-state index in [0.29, 0.717) is 17.4 Å². The molecule has 7 nitrogen and oxygen atoms in total. The van der Waals surface area contributed by atoms with Gasteiger partial charge >= 0.3 is 0 Å². The summed E-state index contributed by atoms with van der Waals surface area (Å²) in [4.78, 5) is 24.7. The number of amides is 1. The second-order valence-corrected chi connectivity index (χ2v) is 4.78. The molecule has 120 valence electrons. The van der Waals surface area contributed by atoms with Gasteiger partial charge in [0.25, 0.3) is 5.91 Å². The van der Waals surface area contributed by atoms with E-state index in [0.717, 1.165) is 5.69 Å². The number of hydrogen-bond donors (Lipinski definition) is 2. The maximum Gasteiger partial charge on any atom is 0.274 e. The Morgan fingerprint density at radius 1 is 1.04 bits per heavy atom. The molecule has 7 heteroatoms. The summed E-state index contributed by atoms with van der Waals surface area (Å²) in [7, 11) is 1.55. The highest BCUT2D eigenvalue weighted by molar-refractivity contribution is 6.03. The van der Waals surface area contributed by atoms with Crippen LogP contribution in [0.4, 0.5) is 17.3 Å². The zero-order chi connectivity index (χ0) is 16.8. The number of hydrogen-bond acceptors (Lipinski definition) is 6. The molecule has 0 aliphatic carbocycles. The largest absolute Gasteiger partial charge is 0.495 e. The smallest absolute Gasteiger partial charge is 0.274 e. The minimum Gasteiger partial charge on any atom is -0.495 e. The first-order chi connectivity index (χ1) is 11.8. The zero-order valence-corrected chi connectivity index (χ0v) is 12.9. The van der Waals surface area contributed by atoms with Crippen molar-refractivity contribution in [2.24, 2.45) is 0 Å². The van der Waals surface area contributed by atoms with Crippen molar-refractivity contribution in [3.05, 3.63) is 66.7 Å². The highest BCUT2D eigenvalue weighted by atomic mass is 16.5. The Balaban J connectivity index is 1.77. The van der Waals surface area contributed by atoms with Gasteiger partial charge in [0.1, 0.15) is 11.4 Å². The van der Waals surface area contributed by atoms with Crippen LogP contribution >= 0.6 is 0 Å². The molecule has 0 spiro atoms. The molecule has 0 fully saturated rings. The lowest BCUT2D eigenvalue weighted by Gasteiger charge is -2.10. The Hall–Kier alpha value is -3.48. The van der Waals surface area contributed by atoms with Crippen molar-refractivity contribution in [2.75, 3.05) is 17.7 Å². The molecule has 3 aromatic rings. The molecule has 0 bridgehead atoms. The molecule has 2 heterocycles. The highest BCUT2D eigenvalue weighted by Gasteiger charge is 2.11. The molecule has 3 rings (SSSR count). The lowest BCUT2D eigenvalue weighted by Crippen LogP contribution is -2.15. The minimum absolute atomic E-state index is 0.243. The number of carbonyl (C=O) groups is 1. The highest BCUT2D eigenvalue weighted by Crippen LogP contribution is 2.23. The lowest BCUT2D eigenvalue weighted by molar-refractivity contribution is 0.102. The average Bonchev–Trinajstić information content (AvgIpc) is 2.63. The number of ether oxygens (including phenoxy) is 1. The van der Waals surface area contributed by atoms with Crippen LogP contribution in [0.15, 0.2) is 61.1 Å². The number of para-hydroxylation sites is 2. The van der Waals surface area contributed by atoms with Crippen LogP contribution in [0.5, 0.6) is 5.75 Å². The van der Waals surface area contributed by atoms with Crippen LogP contribution in [0.2, 0.25) is 0 Å². The van der Waals surface area contributed by atoms with E-state index in [-0.39, 0.29) is 11.6 Å². The van der Waals surface area contributed by atoms with Crippen molar-refractivity contribution in [1.82, 2.24) is 15.0 Å². The van der Waals surface area contributed by atoms with E-state index < -0.39 is 0 Å². The molecule has 0 aliphatic heterocycles. The van der Waals surface area contributed by atoms with Crippen LogP contribution in [0.3, 0.4) is 0 Å². The number of carbonyl (C=O) groups excluding carboxylic acids is 1. The molecule has 0 saturated heterocycles. The van der Waals surface area contributed by atoms with Crippen molar-refractivity contribution < 1.29 is 9.53 Å². The molecule has 0 unspecified atom stereocenters. The third kappa shape index (κ3) is 3.64. The molecule has 24 heavy (non-hydrogen) atoms. The predicted octanol–water partition coefficient (Wildman–Crippen LogP) is 2.88. The van der Waals surface area contributed by atoms with Crippen LogP contribution in [0.1, 0.15) is 10.5 Å². The fourth-order valence-corrected chi connectivity index (χ4v) is 2.04. The van der Waals surface area contributed by atoms with E-state index in [9.17, 15) is 4.79 Å². The SMILES string of the molecule is COc1ccccc1NC(=O)c1ccnc(Nc2ccncc2)n1. The number of rotatable bonds is 5. The summed E-state index contributed by atoms with van der Waals surface area (Å²) >= 11 is 0. The van der Waals surface area contributed by atoms with E-state index in [1.807, 2.05) is 12.1 Å². The van der Waals surface area contributed by atoms with Gasteiger partial charge in [-0.25, -0.2) is 9.97 Å². The lowest BCUT2D eigenvalue weighted by atomic mass is 10.2. The minimum atomic E-state index is -0.348. The van der Waals surface area contributed by atoms with E-state index >= 15 is 0 Å². The second kappa shape index (κ2) is 7.19. The fourth-order valence-electron chi connectivity index (χ4n) is 2.04. The number of benzene rings is 1. The number of anilines is 3. The van der Waals surface area contributed by atoms with Gasteiger partial charge < -0.3 is 15.4 Å². The molecule has 2 aromatic heterocycles. The van der Waals surface area contributed by atoms with Crippen molar-refractivity contribution in [3.63, 3.8) is 0 Å². The summed E-state index contributed by atoms with van der Waals surface area (Å²) in [6.07, 6.45) is 4.83. The zero-order valence-electron chi connectivity index (χ0n) is 12.9. The summed E-state index contributed by atoms with van der Waals surface area (Å²) in [6, 6.07) is 12.3. The van der Waals surface area contributed by atoms with Gasteiger partial charge in [-0.1, -0.05) is 12.1 Å². The van der Waals surface area contributed by atoms with E-state index in [1.54, 1.807) is 49.8 Å². The topological polar surface area (TPSA) is 89.0 Å². The normalized spacial score (nSPS) is 10.0. The molecule has 0 radical (unpaired) electrons. The summed E-state index contributed by atoms with van der Waals surface area (Å²) < 4.78 is 5.22. The van der Waals surface area contributed by atoms with Gasteiger partial charge in [0.05, 0.1) is 12.8 Å². The monoisotopic (exact) mass is 321 g/mol. The first kappa shape index (κ1) is 15.4. The van der Waals surface area contributed by atoms with Crippen molar-refractivity contribution in [2.45, 2.75) is 0 Å². The Labute approximate surface area is 138 Å². The number of methoxy groups -OCH3 is 1. The standard InChI is InChI=1S/C17H15N5O2/c1-24-15-5-3-2-4-13(15)21-16(23)14-8-11-19-17(22-14)20-12-6-9-18-10-7-12/h2-11H,1H3,(H,21,23)(H,18,19,20,22). The van der Waals surface area contributed by atoms with Gasteiger partial charge in [0.15, 0.2) is 0 Å². The Morgan fingerprint density at radius 3 is 2.62 bits per heavy atom. The third-order valence-electron chi connectivity index (χ3n) is 3.18. The molecule has 0 aliphatic rings. The fraction of sp³-hybridized carbons (Fsp3) is 0.0588. The van der Waals surface area contributed by atoms with E-state index in [1.165, 1.54) is 6.20 Å². The van der Waals surface area contributed by atoms with Crippen LogP contribution in [0, 0.1) is 0 Å². The molecular weight excluding hydrogens is 306 g/mol. The van der Waals surface area contributed by atoms with Crippen molar-refractivity contribution in [1.29, 1.82) is 0 Å². The number of aromatic nitrogens is 3. The van der Waals surface area contributed by atoms with Crippen molar-refractivity contribution in [3.8, 4) is 5.75 Å².